The van der Waals surface area contributed by atoms with Gasteiger partial charge in [-0.15, -0.1) is 37.2 Å². The molecule has 174 valence electrons. The minimum absolute atomic E-state index is 0. The van der Waals surface area contributed by atoms with E-state index in [1.165, 1.54) is 5.56 Å². The average molecular weight is 485 g/mol. The first-order valence-electron chi connectivity index (χ1n) is 9.75. The van der Waals surface area contributed by atoms with Crippen LogP contribution in [0.3, 0.4) is 0 Å². The summed E-state index contributed by atoms with van der Waals surface area (Å²) >= 11 is 0. The van der Waals surface area contributed by atoms with Crippen LogP contribution >= 0.6 is 37.2 Å². The maximum atomic E-state index is 12.0. The fourth-order valence-electron chi connectivity index (χ4n) is 3.01. The standard InChI is InChI=1S/C20H33N5O2.3ClH/c1-4-24-9-11-25(12-10-24)14-16-5-7-17(8-6-16)23-18(26)13-22-20(27)19(21)15(2)3;;;/h5-8,15,19H,4,9-14,21H2,1-3H3,(H,22,27)(H,23,26);3*1H/t19-;;;/m0.../s1. The molecule has 1 aliphatic heterocycles. The number of hydrogen-bond donors (Lipinski definition) is 3. The van der Waals surface area contributed by atoms with E-state index in [9.17, 15) is 9.59 Å². The van der Waals surface area contributed by atoms with Gasteiger partial charge >= 0.3 is 0 Å². The number of benzene rings is 1. The number of likely N-dealkylation sites (N-methyl/N-ethyl adjacent to an activating group) is 1. The highest BCUT2D eigenvalue weighted by molar-refractivity contribution is 5.95. The van der Waals surface area contributed by atoms with E-state index in [-0.39, 0.29) is 61.5 Å². The molecule has 7 nitrogen and oxygen atoms in total. The number of amides is 2. The van der Waals surface area contributed by atoms with Crippen molar-refractivity contribution in [3.8, 4) is 0 Å². The molecule has 0 spiro atoms. The van der Waals surface area contributed by atoms with Crippen LogP contribution in [-0.2, 0) is 16.1 Å². The van der Waals surface area contributed by atoms with Gasteiger partial charge in [-0.25, -0.2) is 0 Å². The molecule has 1 atom stereocenters. The minimum Gasteiger partial charge on any atom is -0.346 e. The topological polar surface area (TPSA) is 90.7 Å². The van der Waals surface area contributed by atoms with E-state index in [0.717, 1.165) is 45.0 Å². The Morgan fingerprint density at radius 3 is 2.03 bits per heavy atom. The number of carbonyl (C=O) groups excluding carboxylic acids is 2. The molecule has 0 saturated carbocycles. The Morgan fingerprint density at radius 1 is 1.00 bits per heavy atom. The monoisotopic (exact) mass is 483 g/mol. The fourth-order valence-corrected chi connectivity index (χ4v) is 3.01. The molecule has 0 unspecified atom stereocenters. The predicted molar refractivity (Wildman–Crippen MR) is 130 cm³/mol. The summed E-state index contributed by atoms with van der Waals surface area (Å²) in [5, 5.41) is 5.37. The Balaban J connectivity index is 0. The number of nitrogens with two attached hydrogens (primary N) is 1. The number of hydrogen-bond acceptors (Lipinski definition) is 5. The zero-order chi connectivity index (χ0) is 19.8. The Bertz CT molecular complexity index is 623. The third-order valence-corrected chi connectivity index (χ3v) is 5.00. The van der Waals surface area contributed by atoms with Gasteiger partial charge in [0.15, 0.2) is 0 Å². The van der Waals surface area contributed by atoms with E-state index < -0.39 is 6.04 Å². The van der Waals surface area contributed by atoms with E-state index in [1.807, 2.05) is 38.1 Å². The lowest BCUT2D eigenvalue weighted by Gasteiger charge is -2.34. The third-order valence-electron chi connectivity index (χ3n) is 5.00. The van der Waals surface area contributed by atoms with Crippen molar-refractivity contribution in [2.75, 3.05) is 44.6 Å². The van der Waals surface area contributed by atoms with Crippen LogP contribution in [0, 0.1) is 5.92 Å². The van der Waals surface area contributed by atoms with E-state index in [0.29, 0.717) is 0 Å². The lowest BCUT2D eigenvalue weighted by atomic mass is 10.1. The van der Waals surface area contributed by atoms with Crippen molar-refractivity contribution in [1.82, 2.24) is 15.1 Å². The summed E-state index contributed by atoms with van der Waals surface area (Å²) in [5.74, 6) is -0.535. The number of rotatable bonds is 8. The van der Waals surface area contributed by atoms with Crippen LogP contribution in [0.25, 0.3) is 0 Å². The van der Waals surface area contributed by atoms with Gasteiger partial charge in [-0.3, -0.25) is 14.5 Å². The second kappa shape index (κ2) is 15.7. The second-order valence-electron chi connectivity index (χ2n) is 7.44. The lowest BCUT2D eigenvalue weighted by molar-refractivity contribution is -0.125. The maximum absolute atomic E-state index is 12.0. The van der Waals surface area contributed by atoms with Crippen LogP contribution in [0.4, 0.5) is 5.69 Å². The summed E-state index contributed by atoms with van der Waals surface area (Å²) in [7, 11) is 0. The second-order valence-corrected chi connectivity index (χ2v) is 7.44. The third kappa shape index (κ3) is 10.3. The molecule has 0 radical (unpaired) electrons. The van der Waals surface area contributed by atoms with Crippen molar-refractivity contribution in [3.05, 3.63) is 29.8 Å². The van der Waals surface area contributed by atoms with Crippen LogP contribution in [0.5, 0.6) is 0 Å². The number of nitrogens with one attached hydrogen (secondary N) is 2. The summed E-state index contributed by atoms with van der Waals surface area (Å²) in [6, 6.07) is 7.27. The van der Waals surface area contributed by atoms with Crippen molar-refractivity contribution in [1.29, 1.82) is 0 Å². The number of nitrogens with zero attached hydrogens (tertiary/aromatic N) is 2. The molecule has 10 heteroatoms. The minimum atomic E-state index is -0.601. The SMILES string of the molecule is CCN1CCN(Cc2ccc(NC(=O)CNC(=O)[C@@H](N)C(C)C)cc2)CC1.Cl.Cl.Cl. The Labute approximate surface area is 198 Å². The molecule has 1 fully saturated rings. The molecule has 2 amide bonds. The molecule has 1 saturated heterocycles. The highest BCUT2D eigenvalue weighted by Gasteiger charge is 2.18. The van der Waals surface area contributed by atoms with Crippen molar-refractivity contribution < 1.29 is 9.59 Å². The first-order valence-corrected chi connectivity index (χ1v) is 9.75. The zero-order valence-corrected chi connectivity index (χ0v) is 20.4. The van der Waals surface area contributed by atoms with Crippen LogP contribution < -0.4 is 16.4 Å². The normalized spacial score (nSPS) is 15.2. The molecule has 4 N–H and O–H groups in total. The van der Waals surface area contributed by atoms with Gasteiger partial charge in [0.2, 0.25) is 11.8 Å². The molecule has 0 aliphatic carbocycles. The van der Waals surface area contributed by atoms with E-state index in [1.54, 1.807) is 0 Å². The highest BCUT2D eigenvalue weighted by atomic mass is 35.5. The van der Waals surface area contributed by atoms with Crippen LogP contribution in [-0.4, -0.2) is 66.9 Å². The largest absolute Gasteiger partial charge is 0.346 e. The fraction of sp³-hybridized carbons (Fsp3) is 0.600. The lowest BCUT2D eigenvalue weighted by Crippen LogP contribution is -2.46. The van der Waals surface area contributed by atoms with Gasteiger partial charge in [-0.2, -0.15) is 0 Å². The molecule has 0 bridgehead atoms. The van der Waals surface area contributed by atoms with Crippen molar-refractivity contribution in [3.63, 3.8) is 0 Å². The van der Waals surface area contributed by atoms with Crippen LogP contribution in [0.1, 0.15) is 26.3 Å². The van der Waals surface area contributed by atoms with Crippen molar-refractivity contribution in [2.45, 2.75) is 33.4 Å². The molecule has 2 rings (SSSR count). The molecule has 0 aromatic heterocycles. The van der Waals surface area contributed by atoms with E-state index in [2.05, 4.69) is 27.4 Å². The summed E-state index contributed by atoms with van der Waals surface area (Å²) in [5.41, 5.74) is 7.71. The van der Waals surface area contributed by atoms with E-state index in [4.69, 9.17) is 5.73 Å². The predicted octanol–water partition coefficient (Wildman–Crippen LogP) is 2.13. The smallest absolute Gasteiger partial charge is 0.243 e. The first kappa shape index (κ1) is 31.1. The van der Waals surface area contributed by atoms with Crippen molar-refractivity contribution >= 4 is 54.7 Å². The van der Waals surface area contributed by atoms with Gasteiger partial charge in [0.25, 0.3) is 0 Å². The Hall–Kier alpha value is -1.09. The summed E-state index contributed by atoms with van der Waals surface area (Å²) < 4.78 is 0. The zero-order valence-electron chi connectivity index (χ0n) is 17.9. The number of halogens is 3. The first-order chi connectivity index (χ1) is 12.9. The van der Waals surface area contributed by atoms with Crippen LogP contribution in [0.15, 0.2) is 24.3 Å². The molecular weight excluding hydrogens is 449 g/mol. The maximum Gasteiger partial charge on any atom is 0.243 e. The van der Waals surface area contributed by atoms with Crippen molar-refractivity contribution in [2.24, 2.45) is 11.7 Å². The van der Waals surface area contributed by atoms with Gasteiger partial charge in [0.05, 0.1) is 12.6 Å². The molecular formula is C20H36Cl3N5O2. The van der Waals surface area contributed by atoms with E-state index >= 15 is 0 Å². The Kier molecular flexibility index (Phi) is 16.2. The van der Waals surface area contributed by atoms with Gasteiger partial charge in [-0.05, 0) is 30.2 Å². The molecule has 30 heavy (non-hydrogen) atoms. The number of carbonyl (C=O) groups is 2. The highest BCUT2D eigenvalue weighted by Crippen LogP contribution is 2.13. The molecule has 1 aromatic rings. The number of anilines is 1. The number of piperazine rings is 1. The quantitative estimate of drug-likeness (QED) is 0.526. The van der Waals surface area contributed by atoms with Gasteiger partial charge in [-0.1, -0.05) is 32.9 Å². The molecule has 1 heterocycles. The summed E-state index contributed by atoms with van der Waals surface area (Å²) in [6.45, 7) is 12.3. The summed E-state index contributed by atoms with van der Waals surface area (Å²) in [6.07, 6.45) is 0. The van der Waals surface area contributed by atoms with Gasteiger partial charge < -0.3 is 21.3 Å². The molecule has 1 aromatic carbocycles. The van der Waals surface area contributed by atoms with Gasteiger partial charge in [0, 0.05) is 38.4 Å². The Morgan fingerprint density at radius 2 is 1.53 bits per heavy atom. The molecule has 1 aliphatic rings. The van der Waals surface area contributed by atoms with Gasteiger partial charge in [0.1, 0.15) is 0 Å². The summed E-state index contributed by atoms with van der Waals surface area (Å²) in [4.78, 5) is 28.7. The van der Waals surface area contributed by atoms with Crippen LogP contribution in [0.2, 0.25) is 0 Å². The average Bonchev–Trinajstić information content (AvgIpc) is 2.67.